The first-order valence-corrected chi connectivity index (χ1v) is 6.03. The summed E-state index contributed by atoms with van der Waals surface area (Å²) in [6, 6.07) is 0. The summed E-state index contributed by atoms with van der Waals surface area (Å²) in [5.41, 5.74) is 6.44. The van der Waals surface area contributed by atoms with Gasteiger partial charge in [-0.1, -0.05) is 6.58 Å². The zero-order valence-electron chi connectivity index (χ0n) is 11.2. The molecule has 2 heterocycles. The van der Waals surface area contributed by atoms with Crippen molar-refractivity contribution in [3.63, 3.8) is 0 Å². The molecule has 0 saturated heterocycles. The van der Waals surface area contributed by atoms with E-state index in [1.807, 2.05) is 0 Å². The number of rotatable bonds is 0. The zero-order valence-corrected chi connectivity index (χ0v) is 11.2. The van der Waals surface area contributed by atoms with Crippen LogP contribution < -0.4 is 11.3 Å². The number of fused-ring (bicyclic) bond motifs is 1. The lowest BCUT2D eigenvalue weighted by Crippen LogP contribution is -2.10. The Hall–Kier alpha value is -2.22. The van der Waals surface area contributed by atoms with Gasteiger partial charge < -0.3 is 15.8 Å². The third-order valence-corrected chi connectivity index (χ3v) is 2.71. The van der Waals surface area contributed by atoms with Crippen LogP contribution in [0.25, 0.3) is 11.2 Å². The summed E-state index contributed by atoms with van der Waals surface area (Å²) in [5, 5.41) is 7.00. The van der Waals surface area contributed by atoms with Crippen LogP contribution in [0.4, 0.5) is 10.3 Å². The maximum Gasteiger partial charge on any atom is 0.278 e. The van der Waals surface area contributed by atoms with E-state index in [9.17, 15) is 9.18 Å². The summed E-state index contributed by atoms with van der Waals surface area (Å²) in [5.74, 6) is 0.0783. The summed E-state index contributed by atoms with van der Waals surface area (Å²) in [6.45, 7) is 3.56. The first-order chi connectivity index (χ1) is 9.58. The second kappa shape index (κ2) is 7.39. The summed E-state index contributed by atoms with van der Waals surface area (Å²) in [6.07, 6.45) is 3.33. The molecule has 1 atom stereocenters. The summed E-state index contributed by atoms with van der Waals surface area (Å²) >= 11 is 0. The van der Waals surface area contributed by atoms with Crippen LogP contribution in [0.15, 0.2) is 23.3 Å². The third kappa shape index (κ3) is 3.89. The molecule has 1 fully saturated rings. The number of aliphatic hydroxyl groups is 1. The van der Waals surface area contributed by atoms with Gasteiger partial charge >= 0.3 is 0 Å². The number of halogens is 1. The summed E-state index contributed by atoms with van der Waals surface area (Å²) in [7, 11) is 1.00. The minimum absolute atomic E-state index is 0.0783. The lowest BCUT2D eigenvalue weighted by atomic mass is 10.2. The van der Waals surface area contributed by atoms with Crippen LogP contribution in [0.2, 0.25) is 0 Å². The summed E-state index contributed by atoms with van der Waals surface area (Å²) < 4.78 is 12.2. The maximum atomic E-state index is 12.2. The van der Waals surface area contributed by atoms with Crippen LogP contribution in [0.3, 0.4) is 0 Å². The Labute approximate surface area is 114 Å². The van der Waals surface area contributed by atoms with Crippen molar-refractivity contribution in [2.75, 3.05) is 12.8 Å². The normalized spacial score (nSPS) is 17.1. The highest BCUT2D eigenvalue weighted by Gasteiger charge is 2.16. The van der Waals surface area contributed by atoms with Gasteiger partial charge in [-0.2, -0.15) is 4.98 Å². The molecule has 1 aliphatic rings. The highest BCUT2D eigenvalue weighted by Crippen LogP contribution is 2.25. The van der Waals surface area contributed by atoms with Crippen LogP contribution in [0, 0.1) is 0 Å². The fourth-order valence-corrected chi connectivity index (χ4v) is 1.73. The number of allylic oxidation sites excluding steroid dienone is 1. The number of anilines is 1. The topological polar surface area (TPSA) is 121 Å². The van der Waals surface area contributed by atoms with E-state index in [0.29, 0.717) is 17.6 Å². The van der Waals surface area contributed by atoms with Crippen LogP contribution in [0.5, 0.6) is 0 Å². The Balaban J connectivity index is 0.000000193. The number of nitrogen functional groups attached to an aromatic ring is 1. The van der Waals surface area contributed by atoms with Crippen LogP contribution >= 0.6 is 0 Å². The molecule has 7 nitrogen and oxygen atoms in total. The molecule has 110 valence electrons. The fraction of sp³-hybridized carbons (Fsp3) is 0.417. The van der Waals surface area contributed by atoms with Gasteiger partial charge in [-0.05, 0) is 24.8 Å². The van der Waals surface area contributed by atoms with Gasteiger partial charge in [0, 0.05) is 7.11 Å². The number of nitrogens with two attached hydrogens (primary N) is 1. The van der Waals surface area contributed by atoms with E-state index in [0.717, 1.165) is 25.5 Å². The number of hydrogen-bond donors (Lipinski definition) is 4. The minimum Gasteiger partial charge on any atom is -0.400 e. The van der Waals surface area contributed by atoms with Crippen molar-refractivity contribution >= 4 is 17.1 Å². The van der Waals surface area contributed by atoms with Gasteiger partial charge in [0.15, 0.2) is 11.2 Å². The Morgan fingerprint density at radius 3 is 2.75 bits per heavy atom. The molecule has 1 saturated carbocycles. The van der Waals surface area contributed by atoms with Crippen LogP contribution in [-0.2, 0) is 0 Å². The van der Waals surface area contributed by atoms with Crippen LogP contribution in [0.1, 0.15) is 19.3 Å². The average molecular weight is 283 g/mol. The molecule has 5 N–H and O–H groups in total. The molecular weight excluding hydrogens is 265 g/mol. The minimum atomic E-state index is -0.681. The largest absolute Gasteiger partial charge is 0.400 e. The van der Waals surface area contributed by atoms with Gasteiger partial charge in [0.25, 0.3) is 5.56 Å². The molecule has 8 heteroatoms. The molecule has 2 aromatic heterocycles. The van der Waals surface area contributed by atoms with Gasteiger partial charge in [0.1, 0.15) is 6.17 Å². The lowest BCUT2D eigenvalue weighted by molar-refractivity contribution is 0.390. The molecule has 0 aliphatic heterocycles. The van der Waals surface area contributed by atoms with Gasteiger partial charge in [0.2, 0.25) is 5.95 Å². The highest BCUT2D eigenvalue weighted by molar-refractivity contribution is 5.69. The van der Waals surface area contributed by atoms with Gasteiger partial charge in [0.05, 0.1) is 6.33 Å². The predicted molar refractivity (Wildman–Crippen MR) is 75.0 cm³/mol. The van der Waals surface area contributed by atoms with E-state index < -0.39 is 6.17 Å². The predicted octanol–water partition coefficient (Wildman–Crippen LogP) is 0.902. The van der Waals surface area contributed by atoms with E-state index in [-0.39, 0.29) is 11.5 Å². The molecule has 0 amide bonds. The Morgan fingerprint density at radius 2 is 2.25 bits per heavy atom. The van der Waals surface area contributed by atoms with Crippen molar-refractivity contribution < 1.29 is 9.50 Å². The molecule has 2 aromatic rings. The molecule has 0 aromatic carbocycles. The number of aromatic nitrogens is 4. The number of aliphatic hydroxyl groups excluding tert-OH is 1. The standard InChI is InChI=1S/C6H9F.C5H5N5O.CH4O/c1-5-3-2-4-6(5)7;6-5-9-3-2(4(11)10-5)7-1-8-3;1-2/h6H,1-4H2;1H,(H4,6,7,8,9,10,11);2H,1H3. The second-order valence-electron chi connectivity index (χ2n) is 4.07. The number of imidazole rings is 1. The van der Waals surface area contributed by atoms with Crippen molar-refractivity contribution in [2.24, 2.45) is 0 Å². The van der Waals surface area contributed by atoms with Gasteiger partial charge in [-0.15, -0.1) is 0 Å². The third-order valence-electron chi connectivity index (χ3n) is 2.71. The molecule has 0 spiro atoms. The first-order valence-electron chi connectivity index (χ1n) is 6.03. The van der Waals surface area contributed by atoms with Crippen molar-refractivity contribution in [3.8, 4) is 0 Å². The SMILES string of the molecule is C=C1CCCC1F.CO.Nc1nc2nc[nH]c2c(=O)[nH]1. The smallest absolute Gasteiger partial charge is 0.278 e. The van der Waals surface area contributed by atoms with E-state index >= 15 is 0 Å². The highest BCUT2D eigenvalue weighted by atomic mass is 19.1. The molecule has 1 aliphatic carbocycles. The molecule has 0 bridgehead atoms. The van der Waals surface area contributed by atoms with E-state index in [1.54, 1.807) is 0 Å². The Bertz CT molecular complexity index is 622. The molecule has 20 heavy (non-hydrogen) atoms. The number of nitrogens with zero attached hydrogens (tertiary/aromatic N) is 2. The van der Waals surface area contributed by atoms with Gasteiger partial charge in [-0.3, -0.25) is 9.78 Å². The van der Waals surface area contributed by atoms with Crippen LogP contribution in [-0.4, -0.2) is 38.3 Å². The van der Waals surface area contributed by atoms with Crippen molar-refractivity contribution in [1.29, 1.82) is 0 Å². The lowest BCUT2D eigenvalue weighted by Gasteiger charge is -1.92. The fourth-order valence-electron chi connectivity index (χ4n) is 1.73. The van der Waals surface area contributed by atoms with Gasteiger partial charge in [-0.25, -0.2) is 9.37 Å². The number of nitrogens with one attached hydrogen (secondary N) is 2. The van der Waals surface area contributed by atoms with Crippen molar-refractivity contribution in [2.45, 2.75) is 25.4 Å². The van der Waals surface area contributed by atoms with E-state index in [1.165, 1.54) is 6.33 Å². The number of H-pyrrole nitrogens is 2. The molecule has 3 rings (SSSR count). The quantitative estimate of drug-likeness (QED) is 0.535. The van der Waals surface area contributed by atoms with Crippen molar-refractivity contribution in [3.05, 3.63) is 28.8 Å². The van der Waals surface area contributed by atoms with E-state index in [2.05, 4.69) is 26.5 Å². The Kier molecular flexibility index (Phi) is 5.85. The number of alkyl halides is 1. The summed E-state index contributed by atoms with van der Waals surface area (Å²) in [4.78, 5) is 23.5. The number of hydrogen-bond acceptors (Lipinski definition) is 5. The van der Waals surface area contributed by atoms with E-state index in [4.69, 9.17) is 10.8 Å². The number of aromatic amines is 2. The van der Waals surface area contributed by atoms with Crippen molar-refractivity contribution in [1.82, 2.24) is 19.9 Å². The molecule has 0 radical (unpaired) electrons. The monoisotopic (exact) mass is 283 g/mol. The Morgan fingerprint density at radius 1 is 1.55 bits per heavy atom. The zero-order chi connectivity index (χ0) is 15.1. The molecule has 1 unspecified atom stereocenters. The first kappa shape index (κ1) is 15.8. The second-order valence-corrected chi connectivity index (χ2v) is 4.07. The maximum absolute atomic E-state index is 12.2. The average Bonchev–Trinajstić information content (AvgIpc) is 3.03. The molecular formula is C12H18FN5O2.